The Bertz CT molecular complexity index is 891. The van der Waals surface area contributed by atoms with Crippen LogP contribution >= 0.6 is 0 Å². The van der Waals surface area contributed by atoms with Gasteiger partial charge in [-0.1, -0.05) is 18.2 Å². The van der Waals surface area contributed by atoms with Gasteiger partial charge in [0.2, 0.25) is 0 Å². The van der Waals surface area contributed by atoms with Crippen molar-refractivity contribution in [1.29, 1.82) is 0 Å². The summed E-state index contributed by atoms with van der Waals surface area (Å²) < 4.78 is 52.8. The summed E-state index contributed by atoms with van der Waals surface area (Å²) in [7, 11) is 0. The summed E-state index contributed by atoms with van der Waals surface area (Å²) in [5.74, 6) is -0.911. The quantitative estimate of drug-likeness (QED) is 0.505. The number of halogens is 4. The molecule has 0 aliphatic heterocycles. The molecule has 0 aliphatic carbocycles. The Kier molecular flexibility index (Phi) is 4.56. The van der Waals surface area contributed by atoms with E-state index in [-0.39, 0.29) is 17.1 Å². The van der Waals surface area contributed by atoms with Crippen LogP contribution in [0.15, 0.2) is 72.0 Å². The van der Waals surface area contributed by atoms with E-state index in [0.717, 1.165) is 12.1 Å². The van der Waals surface area contributed by atoms with Crippen LogP contribution in [-0.4, -0.2) is 15.7 Å². The van der Waals surface area contributed by atoms with Crippen LogP contribution < -0.4 is 0 Å². The first kappa shape index (κ1) is 16.8. The SMILES string of the molecule is Fc1cc(/C(=N\c2ccccc2)c2ncccn2)cc(C(F)(F)F)c1. The van der Waals surface area contributed by atoms with Gasteiger partial charge >= 0.3 is 6.18 Å². The lowest BCUT2D eigenvalue weighted by Gasteiger charge is -2.11. The molecule has 126 valence electrons. The number of rotatable bonds is 3. The van der Waals surface area contributed by atoms with Crippen molar-refractivity contribution in [2.24, 2.45) is 4.99 Å². The molecule has 2 aromatic carbocycles. The summed E-state index contributed by atoms with van der Waals surface area (Å²) in [6, 6.07) is 12.4. The fraction of sp³-hybridized carbons (Fsp3) is 0.0556. The lowest BCUT2D eigenvalue weighted by atomic mass is 10.0. The van der Waals surface area contributed by atoms with Crippen LogP contribution in [0.4, 0.5) is 23.2 Å². The smallest absolute Gasteiger partial charge is 0.244 e. The minimum absolute atomic E-state index is 0.0526. The monoisotopic (exact) mass is 345 g/mol. The van der Waals surface area contributed by atoms with Crippen molar-refractivity contribution in [1.82, 2.24) is 9.97 Å². The van der Waals surface area contributed by atoms with Crippen molar-refractivity contribution in [3.8, 4) is 0 Å². The van der Waals surface area contributed by atoms with E-state index in [1.807, 2.05) is 0 Å². The molecule has 1 heterocycles. The van der Waals surface area contributed by atoms with Crippen LogP contribution in [0.2, 0.25) is 0 Å². The van der Waals surface area contributed by atoms with Crippen LogP contribution in [0.1, 0.15) is 17.0 Å². The number of benzene rings is 2. The molecule has 0 amide bonds. The first-order valence-electron chi connectivity index (χ1n) is 7.23. The zero-order valence-corrected chi connectivity index (χ0v) is 12.7. The molecule has 0 saturated heterocycles. The third-order valence-electron chi connectivity index (χ3n) is 3.27. The number of alkyl halides is 3. The van der Waals surface area contributed by atoms with Gasteiger partial charge < -0.3 is 0 Å². The van der Waals surface area contributed by atoms with Crippen molar-refractivity contribution in [3.05, 3.63) is 89.8 Å². The molecular weight excluding hydrogens is 334 g/mol. The summed E-state index contributed by atoms with van der Waals surface area (Å²) in [4.78, 5) is 12.4. The molecular formula is C18H11F4N3. The van der Waals surface area contributed by atoms with E-state index in [9.17, 15) is 17.6 Å². The Morgan fingerprint density at radius 1 is 0.880 bits per heavy atom. The fourth-order valence-corrected chi connectivity index (χ4v) is 2.19. The van der Waals surface area contributed by atoms with Crippen molar-refractivity contribution < 1.29 is 17.6 Å². The van der Waals surface area contributed by atoms with Crippen LogP contribution in [0.3, 0.4) is 0 Å². The molecule has 1 aromatic heterocycles. The Labute approximate surface area is 140 Å². The Morgan fingerprint density at radius 2 is 1.56 bits per heavy atom. The molecule has 0 atom stereocenters. The maximum Gasteiger partial charge on any atom is 0.416 e. The van der Waals surface area contributed by atoms with Gasteiger partial charge in [-0.2, -0.15) is 13.2 Å². The van der Waals surface area contributed by atoms with Crippen LogP contribution in [0, 0.1) is 5.82 Å². The third kappa shape index (κ3) is 4.06. The third-order valence-corrected chi connectivity index (χ3v) is 3.27. The van der Waals surface area contributed by atoms with E-state index >= 15 is 0 Å². The number of nitrogens with zero attached hydrogens (tertiary/aromatic N) is 3. The maximum atomic E-state index is 13.8. The van der Waals surface area contributed by atoms with Gasteiger partial charge in [0, 0.05) is 18.0 Å². The van der Waals surface area contributed by atoms with Crippen molar-refractivity contribution in [2.75, 3.05) is 0 Å². The van der Waals surface area contributed by atoms with Gasteiger partial charge in [-0.25, -0.2) is 19.4 Å². The maximum absolute atomic E-state index is 13.8. The van der Waals surface area contributed by atoms with E-state index in [1.54, 1.807) is 36.4 Å². The van der Waals surface area contributed by atoms with Gasteiger partial charge in [-0.05, 0) is 36.4 Å². The summed E-state index contributed by atoms with van der Waals surface area (Å²) in [6.45, 7) is 0. The van der Waals surface area contributed by atoms with Gasteiger partial charge in [-0.3, -0.25) is 0 Å². The summed E-state index contributed by atoms with van der Waals surface area (Å²) in [5.41, 5.74) is -0.610. The van der Waals surface area contributed by atoms with E-state index in [2.05, 4.69) is 15.0 Å². The second-order valence-electron chi connectivity index (χ2n) is 5.09. The number of aromatic nitrogens is 2. The average Bonchev–Trinajstić information content (AvgIpc) is 2.60. The Balaban J connectivity index is 2.20. The minimum atomic E-state index is -4.67. The summed E-state index contributed by atoms with van der Waals surface area (Å²) >= 11 is 0. The van der Waals surface area contributed by atoms with E-state index in [0.29, 0.717) is 11.8 Å². The number of hydrogen-bond acceptors (Lipinski definition) is 3. The second kappa shape index (κ2) is 6.80. The highest BCUT2D eigenvalue weighted by Gasteiger charge is 2.32. The lowest BCUT2D eigenvalue weighted by Crippen LogP contribution is -2.12. The molecule has 0 aliphatic rings. The van der Waals surface area contributed by atoms with E-state index < -0.39 is 17.6 Å². The molecule has 0 N–H and O–H groups in total. The zero-order valence-electron chi connectivity index (χ0n) is 12.7. The predicted octanol–water partition coefficient (Wildman–Crippen LogP) is 4.80. The standard InChI is InChI=1S/C18H11F4N3/c19-14-10-12(9-13(11-14)18(20,21)22)16(17-23-7-4-8-24-17)25-15-5-2-1-3-6-15/h1-11H/b25-16+. The lowest BCUT2D eigenvalue weighted by molar-refractivity contribution is -0.137. The van der Waals surface area contributed by atoms with Crippen LogP contribution in [0.5, 0.6) is 0 Å². The first-order valence-corrected chi connectivity index (χ1v) is 7.23. The average molecular weight is 345 g/mol. The van der Waals surface area contributed by atoms with Gasteiger partial charge in [0.05, 0.1) is 11.3 Å². The molecule has 0 bridgehead atoms. The molecule has 25 heavy (non-hydrogen) atoms. The van der Waals surface area contributed by atoms with Gasteiger partial charge in [0.15, 0.2) is 5.82 Å². The fourth-order valence-electron chi connectivity index (χ4n) is 2.19. The van der Waals surface area contributed by atoms with Crippen LogP contribution in [0.25, 0.3) is 0 Å². The largest absolute Gasteiger partial charge is 0.416 e. The minimum Gasteiger partial charge on any atom is -0.244 e. The number of hydrogen-bond donors (Lipinski definition) is 0. The highest BCUT2D eigenvalue weighted by atomic mass is 19.4. The van der Waals surface area contributed by atoms with Gasteiger partial charge in [0.1, 0.15) is 11.5 Å². The molecule has 0 unspecified atom stereocenters. The molecule has 0 radical (unpaired) electrons. The molecule has 3 rings (SSSR count). The van der Waals surface area contributed by atoms with Crippen molar-refractivity contribution in [2.45, 2.75) is 6.18 Å². The van der Waals surface area contributed by atoms with E-state index in [1.165, 1.54) is 12.4 Å². The Hall–Kier alpha value is -3.09. The second-order valence-corrected chi connectivity index (χ2v) is 5.09. The number of aliphatic imine (C=N–C) groups is 1. The molecule has 0 spiro atoms. The topological polar surface area (TPSA) is 38.1 Å². The van der Waals surface area contributed by atoms with Crippen LogP contribution in [-0.2, 0) is 6.18 Å². The van der Waals surface area contributed by atoms with Crippen molar-refractivity contribution >= 4 is 11.4 Å². The first-order chi connectivity index (χ1) is 11.9. The number of para-hydroxylation sites is 1. The molecule has 3 nitrogen and oxygen atoms in total. The van der Waals surface area contributed by atoms with Gasteiger partial charge in [0.25, 0.3) is 0 Å². The molecule has 0 fully saturated rings. The van der Waals surface area contributed by atoms with E-state index in [4.69, 9.17) is 0 Å². The summed E-state index contributed by atoms with van der Waals surface area (Å²) in [5, 5.41) is 0. The highest BCUT2D eigenvalue weighted by Crippen LogP contribution is 2.31. The zero-order chi connectivity index (χ0) is 17.9. The normalized spacial score (nSPS) is 12.2. The van der Waals surface area contributed by atoms with Gasteiger partial charge in [-0.15, -0.1) is 0 Å². The van der Waals surface area contributed by atoms with Crippen molar-refractivity contribution in [3.63, 3.8) is 0 Å². The summed E-state index contributed by atoms with van der Waals surface area (Å²) in [6.07, 6.45) is -1.80. The molecule has 7 heteroatoms. The highest BCUT2D eigenvalue weighted by molar-refractivity contribution is 6.11. The Morgan fingerprint density at radius 3 is 2.20 bits per heavy atom. The predicted molar refractivity (Wildman–Crippen MR) is 85.2 cm³/mol. The molecule has 0 saturated carbocycles. The molecule has 3 aromatic rings.